The monoisotopic (exact) mass is 272 g/mol. The van der Waals surface area contributed by atoms with E-state index in [0.717, 1.165) is 26.2 Å². The number of hydrogen-bond acceptors (Lipinski definition) is 2. The van der Waals surface area contributed by atoms with E-state index in [1.54, 1.807) is 0 Å². The van der Waals surface area contributed by atoms with Crippen LogP contribution in [0.15, 0.2) is 0 Å². The molecule has 0 aromatic carbocycles. The summed E-state index contributed by atoms with van der Waals surface area (Å²) < 4.78 is 0. The fourth-order valence-corrected chi connectivity index (χ4v) is 2.04. The normalized spacial score (nSPS) is 8.42. The van der Waals surface area contributed by atoms with E-state index in [2.05, 4.69) is 59.9 Å². The number of nitrogens with zero attached hydrogens (tertiary/aromatic N) is 2. The average molecular weight is 272 g/mol. The molecule has 0 saturated carbocycles. The molecule has 0 aliphatic heterocycles. The average Bonchev–Trinajstić information content (AvgIpc) is 2.32. The molecule has 0 aliphatic carbocycles. The Morgan fingerprint density at radius 1 is 0.632 bits per heavy atom. The summed E-state index contributed by atoms with van der Waals surface area (Å²) >= 11 is 0. The van der Waals surface area contributed by atoms with Gasteiger partial charge in [0.05, 0.1) is 6.17 Å². The molecule has 19 heavy (non-hydrogen) atoms. The summed E-state index contributed by atoms with van der Waals surface area (Å²) in [5, 5.41) is 0. The van der Waals surface area contributed by atoms with Gasteiger partial charge in [0.15, 0.2) is 0 Å². The second-order valence-electron chi connectivity index (χ2n) is 3.33. The minimum Gasteiger partial charge on any atom is -0.288 e. The molecule has 0 unspecified atom stereocenters. The van der Waals surface area contributed by atoms with Gasteiger partial charge in [0, 0.05) is 15.5 Å². The fourth-order valence-electron chi connectivity index (χ4n) is 2.04. The maximum absolute atomic E-state index is 4.00. The standard InChI is InChI=1S/C11H26N2.4CH4.B2/c1-6-11(12(7-2)8-3)13(9-4)10-5;;;;;1-2/h11H,6-10H2,1-5H3;4*1H4;. The molecule has 2 nitrogen and oxygen atoms in total. The molecule has 0 heterocycles. The summed E-state index contributed by atoms with van der Waals surface area (Å²) in [4.78, 5) is 5.07. The van der Waals surface area contributed by atoms with E-state index in [9.17, 15) is 0 Å². The molecule has 0 fully saturated rings. The van der Waals surface area contributed by atoms with Gasteiger partial charge in [-0.15, -0.1) is 0 Å². The van der Waals surface area contributed by atoms with Crippen LogP contribution < -0.4 is 0 Å². The van der Waals surface area contributed by atoms with Crippen LogP contribution in [0.5, 0.6) is 0 Å². The molecule has 4 radical (unpaired) electrons. The molecule has 0 rings (SSSR count). The van der Waals surface area contributed by atoms with Crippen LogP contribution in [0.4, 0.5) is 0 Å². The Balaban J connectivity index is -0.0000000669. The zero-order valence-electron chi connectivity index (χ0n) is 11.2. The third-order valence-electron chi connectivity index (χ3n) is 2.83. The molecule has 0 aromatic heterocycles. The van der Waals surface area contributed by atoms with Crippen LogP contribution in [-0.4, -0.2) is 57.6 Å². The first-order valence-corrected chi connectivity index (χ1v) is 6.06. The van der Waals surface area contributed by atoms with E-state index >= 15 is 0 Å². The number of rotatable bonds is 7. The zero-order valence-corrected chi connectivity index (χ0v) is 11.2. The molecule has 118 valence electrons. The molecular formula is C15H42B2N2. The van der Waals surface area contributed by atoms with E-state index in [1.165, 1.54) is 6.42 Å². The predicted molar refractivity (Wildman–Crippen MR) is 98.4 cm³/mol. The van der Waals surface area contributed by atoms with Crippen molar-refractivity contribution in [1.29, 1.82) is 0 Å². The maximum atomic E-state index is 4.00. The van der Waals surface area contributed by atoms with Gasteiger partial charge in [0.25, 0.3) is 0 Å². The molecule has 0 amide bonds. The van der Waals surface area contributed by atoms with Crippen molar-refractivity contribution in [2.75, 3.05) is 26.2 Å². The third-order valence-corrected chi connectivity index (χ3v) is 2.83. The van der Waals surface area contributed by atoms with Crippen molar-refractivity contribution in [3.8, 4) is 0 Å². The van der Waals surface area contributed by atoms with Crippen molar-refractivity contribution < 1.29 is 0 Å². The smallest absolute Gasteiger partial charge is 0.0619 e. The van der Waals surface area contributed by atoms with Gasteiger partial charge in [0.2, 0.25) is 0 Å². The summed E-state index contributed by atoms with van der Waals surface area (Å²) in [5.74, 6) is 0. The van der Waals surface area contributed by atoms with Crippen LogP contribution in [-0.2, 0) is 0 Å². The van der Waals surface area contributed by atoms with E-state index in [0.29, 0.717) is 6.17 Å². The Bertz CT molecular complexity index is 105. The van der Waals surface area contributed by atoms with Crippen molar-refractivity contribution in [3.63, 3.8) is 0 Å². The topological polar surface area (TPSA) is 6.48 Å². The molecule has 4 heteroatoms. The van der Waals surface area contributed by atoms with Crippen LogP contribution in [0, 0.1) is 0 Å². The fraction of sp³-hybridized carbons (Fsp3) is 1.00. The van der Waals surface area contributed by atoms with Gasteiger partial charge in [-0.25, -0.2) is 0 Å². The van der Waals surface area contributed by atoms with Gasteiger partial charge in [-0.1, -0.05) is 64.3 Å². The zero-order chi connectivity index (χ0) is 12.3. The van der Waals surface area contributed by atoms with Crippen LogP contribution in [0.2, 0.25) is 0 Å². The van der Waals surface area contributed by atoms with Gasteiger partial charge in [-0.05, 0) is 32.6 Å². The first-order chi connectivity index (χ1) is 7.24. The minimum absolute atomic E-state index is 0. The lowest BCUT2D eigenvalue weighted by Gasteiger charge is -2.37. The SMILES string of the molecule is C.C.C.C.CCC(N(CC)CC)N(CC)CC.[B][B]. The molecular weight excluding hydrogens is 230 g/mol. The highest BCUT2D eigenvalue weighted by Gasteiger charge is 2.18. The Morgan fingerprint density at radius 3 is 0.947 bits per heavy atom. The maximum Gasteiger partial charge on any atom is 0.0619 e. The summed E-state index contributed by atoms with van der Waals surface area (Å²) in [5.41, 5.74) is 0. The van der Waals surface area contributed by atoms with E-state index in [-0.39, 0.29) is 29.7 Å². The van der Waals surface area contributed by atoms with Crippen LogP contribution >= 0.6 is 0 Å². The lowest BCUT2D eigenvalue weighted by molar-refractivity contribution is 0.0539. The summed E-state index contributed by atoms with van der Waals surface area (Å²) in [6.07, 6.45) is 1.87. The molecule has 0 aliphatic rings. The van der Waals surface area contributed by atoms with Crippen LogP contribution in [0.3, 0.4) is 0 Å². The Labute approximate surface area is 129 Å². The second-order valence-corrected chi connectivity index (χ2v) is 3.33. The lowest BCUT2D eigenvalue weighted by atomic mass is 9.81. The van der Waals surface area contributed by atoms with Crippen molar-refractivity contribution >= 4 is 15.5 Å². The largest absolute Gasteiger partial charge is 0.288 e. The highest BCUT2D eigenvalue weighted by atomic mass is 15.3. The summed E-state index contributed by atoms with van der Waals surface area (Å²) in [6.45, 7) is 15.9. The Kier molecular flexibility index (Phi) is 51.0. The van der Waals surface area contributed by atoms with Crippen LogP contribution in [0.25, 0.3) is 0 Å². The van der Waals surface area contributed by atoms with E-state index < -0.39 is 0 Å². The lowest BCUT2D eigenvalue weighted by Crippen LogP contribution is -2.47. The van der Waals surface area contributed by atoms with Gasteiger partial charge >= 0.3 is 0 Å². The quantitative estimate of drug-likeness (QED) is 0.506. The Hall–Kier alpha value is 0.0499. The van der Waals surface area contributed by atoms with E-state index in [4.69, 9.17) is 0 Å². The summed E-state index contributed by atoms with van der Waals surface area (Å²) in [6, 6.07) is 0. The van der Waals surface area contributed by atoms with Gasteiger partial charge < -0.3 is 0 Å². The molecule has 0 spiro atoms. The molecule has 0 aromatic rings. The van der Waals surface area contributed by atoms with Crippen molar-refractivity contribution in [1.82, 2.24) is 9.80 Å². The van der Waals surface area contributed by atoms with Gasteiger partial charge in [-0.3, -0.25) is 9.80 Å². The molecule has 0 atom stereocenters. The minimum atomic E-state index is 0. The van der Waals surface area contributed by atoms with Crippen molar-refractivity contribution in [2.45, 2.75) is 76.9 Å². The first kappa shape index (κ1) is 36.4. The van der Waals surface area contributed by atoms with Gasteiger partial charge in [-0.2, -0.15) is 0 Å². The first-order valence-electron chi connectivity index (χ1n) is 6.06. The third kappa shape index (κ3) is 14.3. The number of hydrogen-bond donors (Lipinski definition) is 0. The molecule has 0 bridgehead atoms. The predicted octanol–water partition coefficient (Wildman–Crippen LogP) is 4.19. The van der Waals surface area contributed by atoms with Gasteiger partial charge in [0.1, 0.15) is 0 Å². The van der Waals surface area contributed by atoms with Crippen molar-refractivity contribution in [2.24, 2.45) is 0 Å². The molecule has 0 N–H and O–H groups in total. The van der Waals surface area contributed by atoms with Crippen LogP contribution in [0.1, 0.15) is 70.7 Å². The molecule has 0 saturated heterocycles. The Morgan fingerprint density at radius 2 is 0.842 bits per heavy atom. The highest BCUT2D eigenvalue weighted by molar-refractivity contribution is 6.75. The van der Waals surface area contributed by atoms with Crippen molar-refractivity contribution in [3.05, 3.63) is 0 Å². The summed E-state index contributed by atoms with van der Waals surface area (Å²) in [7, 11) is 8.00. The van der Waals surface area contributed by atoms with E-state index in [1.807, 2.05) is 0 Å². The second kappa shape index (κ2) is 26.6. The highest BCUT2D eigenvalue weighted by Crippen LogP contribution is 2.09.